The Labute approximate surface area is 338 Å². The Morgan fingerprint density at radius 3 is 2.10 bits per heavy atom. The molecule has 0 spiro atoms. The van der Waals surface area contributed by atoms with Crippen LogP contribution >= 0.6 is 0 Å². The van der Waals surface area contributed by atoms with Gasteiger partial charge in [0.05, 0.1) is 11.9 Å². The van der Waals surface area contributed by atoms with Gasteiger partial charge in [-0.1, -0.05) is 76.2 Å². The number of rotatable bonds is 9. The van der Waals surface area contributed by atoms with Gasteiger partial charge >= 0.3 is 12.1 Å². The third-order valence-corrected chi connectivity index (χ3v) is 10.1. The number of hydrogen-bond donors (Lipinski definition) is 4. The van der Waals surface area contributed by atoms with Gasteiger partial charge in [-0.15, -0.1) is 0 Å². The van der Waals surface area contributed by atoms with Gasteiger partial charge in [-0.3, -0.25) is 33.3 Å². The van der Waals surface area contributed by atoms with Crippen molar-refractivity contribution in [2.75, 3.05) is 6.54 Å². The van der Waals surface area contributed by atoms with Gasteiger partial charge in [0, 0.05) is 24.5 Å². The second-order valence-electron chi connectivity index (χ2n) is 16.8. The molecule has 1 aromatic heterocycles. The van der Waals surface area contributed by atoms with Crippen LogP contribution in [0.3, 0.4) is 0 Å². The smallest absolute Gasteiger partial charge is 0.419 e. The summed E-state index contributed by atoms with van der Waals surface area (Å²) in [6, 6.07) is 10.0. The van der Waals surface area contributed by atoms with Gasteiger partial charge in [0.15, 0.2) is 0 Å². The van der Waals surface area contributed by atoms with E-state index in [1.54, 1.807) is 89.3 Å². The predicted octanol–water partition coefficient (Wildman–Crippen LogP) is 3.75. The van der Waals surface area contributed by atoms with E-state index in [-0.39, 0.29) is 31.9 Å². The highest BCUT2D eigenvalue weighted by Gasteiger charge is 2.42. The Hall–Kier alpha value is -5.73. The summed E-state index contributed by atoms with van der Waals surface area (Å²) < 4.78 is 12.5. The molecule has 0 radical (unpaired) electrons. The summed E-state index contributed by atoms with van der Waals surface area (Å²) in [6.45, 7) is 12.6. The number of carbonyl (C=O) groups excluding carboxylic acids is 7. The number of esters is 1. The maximum absolute atomic E-state index is 14.6. The van der Waals surface area contributed by atoms with Crippen LogP contribution in [0.4, 0.5) is 4.79 Å². The maximum Gasteiger partial charge on any atom is 0.419 e. The van der Waals surface area contributed by atoms with Crippen LogP contribution in [0.2, 0.25) is 0 Å². The number of nitrogens with one attached hydrogen (secondary N) is 4. The number of ether oxygens (including phenoxy) is 2. The Bertz CT molecular complexity index is 2000. The zero-order valence-electron chi connectivity index (χ0n) is 34.3. The van der Waals surface area contributed by atoms with Gasteiger partial charge in [-0.05, 0) is 69.1 Å². The Morgan fingerprint density at radius 1 is 0.793 bits per heavy atom. The highest BCUT2D eigenvalue weighted by molar-refractivity contribution is 6.00. The fourth-order valence-electron chi connectivity index (χ4n) is 7.26. The minimum atomic E-state index is -1.48. The molecule has 3 heterocycles. The summed E-state index contributed by atoms with van der Waals surface area (Å²) in [6.07, 6.45) is 1.15. The van der Waals surface area contributed by atoms with Gasteiger partial charge < -0.3 is 35.6 Å². The number of para-hydroxylation sites is 1. The lowest BCUT2D eigenvalue weighted by Gasteiger charge is -2.30. The van der Waals surface area contributed by atoms with Crippen molar-refractivity contribution in [2.24, 2.45) is 11.8 Å². The van der Waals surface area contributed by atoms with E-state index < -0.39 is 89.7 Å². The SMILES string of the molecule is CC(C)C[C@@H]1NC(=O)[C@@H](C(C)C)NC(=O)[C@@H]2CCCN2C(=O)[C@@H](CC(=O)OCc2ccccc2)NC(=O)[C@@H](Cc2cn(C(=O)OC(C)(C)C)c3ccccc23)NC1=O. The average molecular weight is 801 g/mol. The molecule has 2 saturated heterocycles. The molecule has 312 valence electrons. The molecule has 4 N–H and O–H groups in total. The quantitative estimate of drug-likeness (QED) is 0.233. The van der Waals surface area contributed by atoms with Crippen LogP contribution in [0, 0.1) is 11.8 Å². The summed E-state index contributed by atoms with van der Waals surface area (Å²) in [5.74, 6) is -4.54. The topological polar surface area (TPSA) is 194 Å². The lowest BCUT2D eigenvalue weighted by molar-refractivity contribution is -0.150. The van der Waals surface area contributed by atoms with Gasteiger partial charge in [0.25, 0.3) is 0 Å². The molecular formula is C43H56N6O9. The molecule has 15 heteroatoms. The summed E-state index contributed by atoms with van der Waals surface area (Å²) in [7, 11) is 0. The number of nitrogens with zero attached hydrogens (tertiary/aromatic N) is 2. The lowest BCUT2D eigenvalue weighted by atomic mass is 9.98. The first-order valence-electron chi connectivity index (χ1n) is 20.0. The van der Waals surface area contributed by atoms with Gasteiger partial charge in [-0.2, -0.15) is 0 Å². The summed E-state index contributed by atoms with van der Waals surface area (Å²) in [5.41, 5.74) is 0.926. The number of fused-ring (bicyclic) bond motifs is 2. The normalized spacial score (nSPS) is 22.4. The molecule has 3 aromatic rings. The second-order valence-corrected chi connectivity index (χ2v) is 16.8. The van der Waals surface area contributed by atoms with Gasteiger partial charge in [0.1, 0.15) is 42.4 Å². The molecule has 5 rings (SSSR count). The van der Waals surface area contributed by atoms with E-state index in [4.69, 9.17) is 9.47 Å². The van der Waals surface area contributed by atoms with Crippen molar-refractivity contribution in [1.29, 1.82) is 0 Å². The fourth-order valence-corrected chi connectivity index (χ4v) is 7.26. The van der Waals surface area contributed by atoms with E-state index in [1.807, 2.05) is 19.9 Å². The highest BCUT2D eigenvalue weighted by atomic mass is 16.6. The standard InChI is InChI=1S/C43H56N6O9/c1-25(2)20-30-37(51)44-31(21-28-23-49(42(56)58-43(5,6)7)33-17-12-11-16-29(28)33)38(52)46-32(22-35(50)57-24-27-14-9-8-10-15-27)41(55)48-19-13-18-34(48)39(53)47-36(26(3)4)40(54)45-30/h8-12,14-17,23,25-26,30-32,34,36H,13,18-22,24H2,1-7H3,(H,44,51)(H,45,54)(H,46,52)(H,47,53)/t30-,31+,32+,34-,36+/m0/s1. The zero-order chi connectivity index (χ0) is 42.3. The molecule has 0 bridgehead atoms. The minimum absolute atomic E-state index is 0.0692. The molecule has 2 aliphatic heterocycles. The van der Waals surface area contributed by atoms with E-state index in [1.165, 1.54) is 9.47 Å². The van der Waals surface area contributed by atoms with Crippen LogP contribution in [0.25, 0.3) is 10.9 Å². The van der Waals surface area contributed by atoms with Crippen LogP contribution < -0.4 is 21.3 Å². The van der Waals surface area contributed by atoms with Crippen molar-refractivity contribution in [1.82, 2.24) is 30.7 Å². The first-order valence-corrected chi connectivity index (χ1v) is 20.0. The van der Waals surface area contributed by atoms with Crippen molar-refractivity contribution >= 4 is 52.5 Å². The minimum Gasteiger partial charge on any atom is -0.461 e. The second kappa shape index (κ2) is 18.7. The van der Waals surface area contributed by atoms with Crippen molar-refractivity contribution in [3.63, 3.8) is 0 Å². The zero-order valence-corrected chi connectivity index (χ0v) is 34.3. The van der Waals surface area contributed by atoms with E-state index in [9.17, 15) is 33.6 Å². The van der Waals surface area contributed by atoms with Crippen LogP contribution in [-0.4, -0.2) is 93.4 Å². The monoisotopic (exact) mass is 800 g/mol. The van der Waals surface area contributed by atoms with E-state index >= 15 is 0 Å². The molecule has 2 aliphatic rings. The third kappa shape index (κ3) is 11.0. The summed E-state index contributed by atoms with van der Waals surface area (Å²) >= 11 is 0. The van der Waals surface area contributed by atoms with Crippen molar-refractivity contribution in [3.8, 4) is 0 Å². The average Bonchev–Trinajstić information content (AvgIpc) is 3.80. The molecule has 2 fully saturated rings. The molecule has 15 nitrogen and oxygen atoms in total. The fraction of sp³-hybridized carbons (Fsp3) is 0.512. The molecule has 0 unspecified atom stereocenters. The molecule has 5 atom stereocenters. The number of aromatic nitrogens is 1. The summed E-state index contributed by atoms with van der Waals surface area (Å²) in [5, 5.41) is 11.8. The maximum atomic E-state index is 14.6. The number of hydrogen-bond acceptors (Lipinski definition) is 9. The van der Waals surface area contributed by atoms with E-state index in [0.717, 1.165) is 5.56 Å². The first-order chi connectivity index (χ1) is 27.4. The Morgan fingerprint density at radius 2 is 1.43 bits per heavy atom. The van der Waals surface area contributed by atoms with Gasteiger partial charge in [-0.25, -0.2) is 4.79 Å². The molecule has 58 heavy (non-hydrogen) atoms. The molecule has 0 saturated carbocycles. The third-order valence-electron chi connectivity index (χ3n) is 10.1. The molecular weight excluding hydrogens is 745 g/mol. The number of carbonyl (C=O) groups is 7. The van der Waals surface area contributed by atoms with Crippen LogP contribution in [-0.2, 0) is 51.3 Å². The van der Waals surface area contributed by atoms with E-state index in [2.05, 4.69) is 21.3 Å². The highest BCUT2D eigenvalue weighted by Crippen LogP contribution is 2.25. The largest absolute Gasteiger partial charge is 0.461 e. The van der Waals surface area contributed by atoms with Crippen molar-refractivity contribution in [3.05, 3.63) is 71.9 Å². The van der Waals surface area contributed by atoms with E-state index in [0.29, 0.717) is 29.3 Å². The molecule has 5 amide bonds. The van der Waals surface area contributed by atoms with Crippen molar-refractivity contribution < 1.29 is 43.0 Å². The van der Waals surface area contributed by atoms with Crippen LogP contribution in [0.5, 0.6) is 0 Å². The Kier molecular flexibility index (Phi) is 14.0. The first kappa shape index (κ1) is 43.4. The van der Waals surface area contributed by atoms with Crippen LogP contribution in [0.15, 0.2) is 60.8 Å². The number of benzene rings is 2. The van der Waals surface area contributed by atoms with Crippen molar-refractivity contribution in [2.45, 2.75) is 123 Å². The molecule has 0 aliphatic carbocycles. The summed E-state index contributed by atoms with van der Waals surface area (Å²) in [4.78, 5) is 98.9. The Balaban J connectivity index is 1.56. The molecule has 2 aromatic carbocycles. The van der Waals surface area contributed by atoms with Gasteiger partial charge in [0.2, 0.25) is 29.5 Å². The van der Waals surface area contributed by atoms with Crippen LogP contribution in [0.1, 0.15) is 85.3 Å². The number of amides is 5. The predicted molar refractivity (Wildman–Crippen MR) is 215 cm³/mol. The lowest BCUT2D eigenvalue weighted by Crippen LogP contribution is -2.59.